The molecule has 1 amide bonds. The van der Waals surface area contributed by atoms with Crippen LogP contribution in [0.2, 0.25) is 0 Å². The van der Waals surface area contributed by atoms with Gasteiger partial charge in [0.2, 0.25) is 11.9 Å². The van der Waals surface area contributed by atoms with Crippen molar-refractivity contribution in [1.29, 1.82) is 0 Å². The minimum absolute atomic E-state index is 0.110. The predicted octanol–water partition coefficient (Wildman–Crippen LogP) is 5.01. The molecule has 0 spiro atoms. The molecule has 2 fully saturated rings. The summed E-state index contributed by atoms with van der Waals surface area (Å²) < 4.78 is 16.8. The number of nitrogens with zero attached hydrogens (tertiary/aromatic N) is 2. The third-order valence-corrected chi connectivity index (χ3v) is 6.41. The SMILES string of the molecule is CC(O)(CC(=O)Nc1nc2c(F)cc(C3CC3)cc2n1C1CCC1)c1ccccc1. The summed E-state index contributed by atoms with van der Waals surface area (Å²) in [4.78, 5) is 17.3. The Bertz CT molecular complexity index is 1100. The lowest BCUT2D eigenvalue weighted by Crippen LogP contribution is -2.30. The van der Waals surface area contributed by atoms with Crippen LogP contribution in [0, 0.1) is 5.82 Å². The fraction of sp³-hybridized carbons (Fsp3) is 0.417. The number of amides is 1. The molecule has 0 saturated heterocycles. The lowest BCUT2D eigenvalue weighted by molar-refractivity contribution is -0.120. The van der Waals surface area contributed by atoms with Gasteiger partial charge in [0.05, 0.1) is 17.5 Å². The van der Waals surface area contributed by atoms with Gasteiger partial charge in [-0.15, -0.1) is 0 Å². The van der Waals surface area contributed by atoms with Crippen molar-refractivity contribution < 1.29 is 14.3 Å². The Labute approximate surface area is 174 Å². The van der Waals surface area contributed by atoms with Gasteiger partial charge in [-0.1, -0.05) is 30.3 Å². The van der Waals surface area contributed by atoms with E-state index in [1.165, 1.54) is 0 Å². The summed E-state index contributed by atoms with van der Waals surface area (Å²) in [5.74, 6) is 0.130. The Kier molecular flexibility index (Phi) is 4.62. The maximum absolute atomic E-state index is 14.8. The van der Waals surface area contributed by atoms with Gasteiger partial charge in [-0.25, -0.2) is 9.37 Å². The molecule has 0 bridgehead atoms. The molecular weight excluding hydrogens is 381 g/mol. The Balaban J connectivity index is 1.46. The largest absolute Gasteiger partial charge is 0.385 e. The fourth-order valence-corrected chi connectivity index (χ4v) is 4.31. The van der Waals surface area contributed by atoms with E-state index in [1.54, 1.807) is 25.1 Å². The first kappa shape index (κ1) is 19.2. The Morgan fingerprint density at radius 2 is 1.97 bits per heavy atom. The number of fused-ring (bicyclic) bond motifs is 1. The van der Waals surface area contributed by atoms with Gasteiger partial charge in [0, 0.05) is 6.04 Å². The highest BCUT2D eigenvalue weighted by Gasteiger charge is 2.31. The van der Waals surface area contributed by atoms with Crippen LogP contribution >= 0.6 is 0 Å². The van der Waals surface area contributed by atoms with Crippen LogP contribution in [-0.4, -0.2) is 20.6 Å². The first-order valence-electron chi connectivity index (χ1n) is 10.7. The number of carbonyl (C=O) groups is 1. The van der Waals surface area contributed by atoms with Gasteiger partial charge in [0.1, 0.15) is 5.52 Å². The zero-order chi connectivity index (χ0) is 20.9. The van der Waals surface area contributed by atoms with Crippen LogP contribution in [0.4, 0.5) is 10.3 Å². The number of rotatable bonds is 6. The van der Waals surface area contributed by atoms with E-state index in [4.69, 9.17) is 0 Å². The first-order valence-corrected chi connectivity index (χ1v) is 10.7. The Morgan fingerprint density at radius 3 is 2.60 bits per heavy atom. The molecule has 5 rings (SSSR count). The number of halogens is 1. The quantitative estimate of drug-likeness (QED) is 0.603. The van der Waals surface area contributed by atoms with Gasteiger partial charge in [0.15, 0.2) is 5.82 Å². The van der Waals surface area contributed by atoms with Gasteiger partial charge in [0.25, 0.3) is 0 Å². The molecule has 1 unspecified atom stereocenters. The highest BCUT2D eigenvalue weighted by atomic mass is 19.1. The third-order valence-electron chi connectivity index (χ3n) is 6.41. The lowest BCUT2D eigenvalue weighted by Gasteiger charge is -2.29. The van der Waals surface area contributed by atoms with Crippen LogP contribution in [-0.2, 0) is 10.4 Å². The number of aliphatic hydroxyl groups is 1. The van der Waals surface area contributed by atoms with Crippen molar-refractivity contribution in [1.82, 2.24) is 9.55 Å². The lowest BCUT2D eigenvalue weighted by atomic mass is 9.92. The predicted molar refractivity (Wildman–Crippen MR) is 114 cm³/mol. The van der Waals surface area contributed by atoms with Crippen LogP contribution < -0.4 is 5.32 Å². The van der Waals surface area contributed by atoms with Gasteiger partial charge in [-0.2, -0.15) is 0 Å². The molecule has 2 saturated carbocycles. The zero-order valence-electron chi connectivity index (χ0n) is 17.1. The van der Waals surface area contributed by atoms with Crippen LogP contribution in [0.15, 0.2) is 42.5 Å². The molecule has 2 aliphatic rings. The number of imidazole rings is 1. The van der Waals surface area contributed by atoms with E-state index in [-0.39, 0.29) is 24.2 Å². The third kappa shape index (κ3) is 3.49. The molecule has 2 N–H and O–H groups in total. The number of hydrogen-bond donors (Lipinski definition) is 2. The number of hydrogen-bond acceptors (Lipinski definition) is 3. The monoisotopic (exact) mass is 407 g/mol. The summed E-state index contributed by atoms with van der Waals surface area (Å²) in [5, 5.41) is 13.7. The molecule has 3 aromatic rings. The van der Waals surface area contributed by atoms with E-state index < -0.39 is 5.60 Å². The summed E-state index contributed by atoms with van der Waals surface area (Å²) in [6.07, 6.45) is 5.18. The summed E-state index contributed by atoms with van der Waals surface area (Å²) in [6, 6.07) is 13.0. The van der Waals surface area contributed by atoms with Crippen molar-refractivity contribution in [2.24, 2.45) is 0 Å². The van der Waals surface area contributed by atoms with E-state index in [2.05, 4.69) is 10.3 Å². The van der Waals surface area contributed by atoms with Crippen molar-refractivity contribution in [2.75, 3.05) is 5.32 Å². The van der Waals surface area contributed by atoms with E-state index in [0.717, 1.165) is 43.2 Å². The Hall–Kier alpha value is -2.73. The van der Waals surface area contributed by atoms with E-state index in [1.807, 2.05) is 28.8 Å². The second-order valence-electron chi connectivity index (χ2n) is 8.90. The normalized spacial score (nSPS) is 18.8. The number of nitrogens with one attached hydrogen (secondary N) is 1. The van der Waals surface area contributed by atoms with Gasteiger partial charge in [-0.3, -0.25) is 10.1 Å². The van der Waals surface area contributed by atoms with E-state index in [0.29, 0.717) is 22.9 Å². The van der Waals surface area contributed by atoms with E-state index >= 15 is 0 Å². The Morgan fingerprint density at radius 1 is 1.23 bits per heavy atom. The smallest absolute Gasteiger partial charge is 0.229 e. The molecule has 156 valence electrons. The molecular formula is C24H26FN3O2. The van der Waals surface area contributed by atoms with E-state index in [9.17, 15) is 14.3 Å². The van der Waals surface area contributed by atoms with Crippen molar-refractivity contribution in [3.05, 3.63) is 59.4 Å². The number of aromatic nitrogens is 2. The standard InChI is InChI=1S/C24H26FN3O2/c1-24(30,17-6-3-2-4-7-17)14-21(29)26-23-27-22-19(25)12-16(15-10-11-15)13-20(22)28(23)18-8-5-9-18/h2-4,6-7,12-13,15,18,30H,5,8-11,14H2,1H3,(H,26,27,29). The van der Waals surface area contributed by atoms with Crippen molar-refractivity contribution in [3.63, 3.8) is 0 Å². The number of carbonyl (C=O) groups excluding carboxylic acids is 1. The molecule has 0 aliphatic heterocycles. The minimum Gasteiger partial charge on any atom is -0.385 e. The van der Waals surface area contributed by atoms with Crippen molar-refractivity contribution >= 4 is 22.9 Å². The molecule has 2 aliphatic carbocycles. The molecule has 6 heteroatoms. The van der Waals surface area contributed by atoms with Crippen LogP contribution in [0.25, 0.3) is 11.0 Å². The number of anilines is 1. The summed E-state index contributed by atoms with van der Waals surface area (Å²) in [5.41, 5.74) is 1.45. The van der Waals surface area contributed by atoms with Gasteiger partial charge < -0.3 is 9.67 Å². The minimum atomic E-state index is -1.30. The maximum Gasteiger partial charge on any atom is 0.229 e. The molecule has 30 heavy (non-hydrogen) atoms. The average Bonchev–Trinajstić information content (AvgIpc) is 3.46. The van der Waals surface area contributed by atoms with Gasteiger partial charge in [-0.05, 0) is 68.2 Å². The molecule has 1 heterocycles. The van der Waals surface area contributed by atoms with Crippen LogP contribution in [0.1, 0.15) is 68.5 Å². The molecule has 1 atom stereocenters. The zero-order valence-corrected chi connectivity index (χ0v) is 17.1. The van der Waals surface area contributed by atoms with Crippen LogP contribution in [0.5, 0.6) is 0 Å². The highest BCUT2D eigenvalue weighted by molar-refractivity contribution is 5.92. The van der Waals surface area contributed by atoms with Crippen LogP contribution in [0.3, 0.4) is 0 Å². The topological polar surface area (TPSA) is 67.2 Å². The molecule has 5 nitrogen and oxygen atoms in total. The highest BCUT2D eigenvalue weighted by Crippen LogP contribution is 2.43. The summed E-state index contributed by atoms with van der Waals surface area (Å²) in [7, 11) is 0. The average molecular weight is 407 g/mol. The first-order chi connectivity index (χ1) is 14.4. The van der Waals surface area contributed by atoms with Crippen molar-refractivity contribution in [2.45, 2.75) is 63.0 Å². The van der Waals surface area contributed by atoms with Gasteiger partial charge >= 0.3 is 0 Å². The summed E-state index contributed by atoms with van der Waals surface area (Å²) in [6.45, 7) is 1.62. The summed E-state index contributed by atoms with van der Waals surface area (Å²) >= 11 is 0. The second kappa shape index (κ2) is 7.20. The second-order valence-corrected chi connectivity index (χ2v) is 8.90. The molecule has 0 radical (unpaired) electrons. The molecule has 2 aromatic carbocycles. The number of benzene rings is 2. The van der Waals surface area contributed by atoms with Crippen molar-refractivity contribution in [3.8, 4) is 0 Å². The maximum atomic E-state index is 14.8. The fourth-order valence-electron chi connectivity index (χ4n) is 4.31. The molecule has 1 aromatic heterocycles.